The molecule has 0 spiro atoms. The minimum absolute atomic E-state index is 0.161. The SMILES string of the molecule is Cc1ncc(C(=O)Nc2cc(C(C)(C)C)on2)cc1N(N)CC(=N)c1cncs1. The number of aromatic nitrogens is 3. The number of pyridine rings is 1. The number of rotatable bonds is 6. The van der Waals surface area contributed by atoms with Crippen molar-refractivity contribution in [1.82, 2.24) is 15.1 Å². The van der Waals surface area contributed by atoms with Crippen LogP contribution in [0.25, 0.3) is 0 Å². The van der Waals surface area contributed by atoms with E-state index in [1.807, 2.05) is 20.8 Å². The molecule has 10 heteroatoms. The topological polar surface area (TPSA) is 134 Å². The normalized spacial score (nSPS) is 11.3. The largest absolute Gasteiger partial charge is 0.359 e. The van der Waals surface area contributed by atoms with Gasteiger partial charge in [0.1, 0.15) is 5.76 Å². The highest BCUT2D eigenvalue weighted by molar-refractivity contribution is 7.11. The van der Waals surface area contributed by atoms with Crippen molar-refractivity contribution in [2.24, 2.45) is 5.84 Å². The van der Waals surface area contributed by atoms with Crippen LogP contribution in [0.4, 0.5) is 11.5 Å². The van der Waals surface area contributed by atoms with Gasteiger partial charge in [0.2, 0.25) is 0 Å². The molecule has 3 heterocycles. The molecule has 0 unspecified atom stereocenters. The Kier molecular flexibility index (Phi) is 5.76. The van der Waals surface area contributed by atoms with Gasteiger partial charge >= 0.3 is 0 Å². The molecule has 3 aromatic heterocycles. The fourth-order valence-electron chi connectivity index (χ4n) is 2.51. The van der Waals surface area contributed by atoms with E-state index in [0.29, 0.717) is 34.2 Å². The van der Waals surface area contributed by atoms with Crippen LogP contribution in [-0.4, -0.2) is 33.3 Å². The second-order valence-corrected chi connectivity index (χ2v) is 8.47. The fraction of sp³-hybridized carbons (Fsp3) is 0.316. The molecule has 0 atom stereocenters. The molecule has 29 heavy (non-hydrogen) atoms. The zero-order valence-corrected chi connectivity index (χ0v) is 17.5. The van der Waals surface area contributed by atoms with E-state index in [-0.39, 0.29) is 17.9 Å². The summed E-state index contributed by atoms with van der Waals surface area (Å²) in [4.78, 5) is 21.6. The van der Waals surface area contributed by atoms with Gasteiger partial charge in [0, 0.05) is 23.9 Å². The maximum atomic E-state index is 12.6. The maximum absolute atomic E-state index is 12.6. The van der Waals surface area contributed by atoms with Crippen LogP contribution < -0.4 is 16.2 Å². The number of carbonyl (C=O) groups excluding carboxylic acids is 1. The second-order valence-electron chi connectivity index (χ2n) is 7.58. The Morgan fingerprint density at radius 1 is 1.34 bits per heavy atom. The smallest absolute Gasteiger partial charge is 0.258 e. The van der Waals surface area contributed by atoms with Gasteiger partial charge in [0.05, 0.1) is 39.6 Å². The number of nitrogens with zero attached hydrogens (tertiary/aromatic N) is 4. The highest BCUT2D eigenvalue weighted by Crippen LogP contribution is 2.25. The molecule has 9 nitrogen and oxygen atoms in total. The maximum Gasteiger partial charge on any atom is 0.258 e. The molecule has 0 saturated heterocycles. The van der Waals surface area contributed by atoms with Crippen LogP contribution in [0, 0.1) is 12.3 Å². The van der Waals surface area contributed by atoms with Crippen molar-refractivity contribution in [2.75, 3.05) is 16.9 Å². The van der Waals surface area contributed by atoms with E-state index in [9.17, 15) is 4.79 Å². The van der Waals surface area contributed by atoms with Crippen LogP contribution in [-0.2, 0) is 5.41 Å². The number of nitrogens with one attached hydrogen (secondary N) is 2. The number of carbonyl (C=O) groups is 1. The molecular formula is C19H23N7O2S. The molecule has 3 rings (SSSR count). The summed E-state index contributed by atoms with van der Waals surface area (Å²) in [7, 11) is 0. The summed E-state index contributed by atoms with van der Waals surface area (Å²) in [6.07, 6.45) is 3.10. The summed E-state index contributed by atoms with van der Waals surface area (Å²) in [6.45, 7) is 7.94. The van der Waals surface area contributed by atoms with E-state index >= 15 is 0 Å². The first kappa shape index (κ1) is 20.6. The van der Waals surface area contributed by atoms with Gasteiger partial charge in [-0.1, -0.05) is 25.9 Å². The van der Waals surface area contributed by atoms with Crippen LogP contribution in [0.3, 0.4) is 0 Å². The van der Waals surface area contributed by atoms with Crippen LogP contribution in [0.15, 0.2) is 34.6 Å². The molecule has 0 aliphatic rings. The molecule has 152 valence electrons. The summed E-state index contributed by atoms with van der Waals surface area (Å²) in [5.74, 6) is 6.78. The van der Waals surface area contributed by atoms with Crippen LogP contribution >= 0.6 is 11.3 Å². The van der Waals surface area contributed by atoms with Gasteiger partial charge in [-0.05, 0) is 13.0 Å². The summed E-state index contributed by atoms with van der Waals surface area (Å²) < 4.78 is 5.29. The number of thiazole rings is 1. The Bertz CT molecular complexity index is 1020. The van der Waals surface area contributed by atoms with E-state index in [0.717, 1.165) is 4.88 Å². The molecule has 0 radical (unpaired) electrons. The first-order valence-corrected chi connectivity index (χ1v) is 9.77. The van der Waals surface area contributed by atoms with E-state index in [1.54, 1.807) is 30.8 Å². The summed E-state index contributed by atoms with van der Waals surface area (Å²) >= 11 is 1.37. The number of hydrogen-bond donors (Lipinski definition) is 3. The Morgan fingerprint density at radius 2 is 2.10 bits per heavy atom. The van der Waals surface area contributed by atoms with Crippen molar-refractivity contribution in [3.63, 3.8) is 0 Å². The van der Waals surface area contributed by atoms with E-state index in [2.05, 4.69) is 20.4 Å². The van der Waals surface area contributed by atoms with Gasteiger partial charge in [-0.2, -0.15) is 0 Å². The predicted octanol–water partition coefficient (Wildman–Crippen LogP) is 3.13. The zero-order chi connectivity index (χ0) is 21.2. The Hall–Kier alpha value is -3.11. The number of aryl methyl sites for hydroxylation is 1. The van der Waals surface area contributed by atoms with Gasteiger partial charge in [0.15, 0.2) is 5.82 Å². The highest BCUT2D eigenvalue weighted by Gasteiger charge is 2.21. The monoisotopic (exact) mass is 413 g/mol. The van der Waals surface area contributed by atoms with Gasteiger partial charge in [-0.3, -0.25) is 14.8 Å². The molecule has 1 amide bonds. The van der Waals surface area contributed by atoms with Gasteiger partial charge in [-0.15, -0.1) is 11.3 Å². The number of anilines is 2. The summed E-state index contributed by atoms with van der Waals surface area (Å²) in [6, 6.07) is 3.34. The quantitative estimate of drug-likeness (QED) is 0.321. The minimum atomic E-state index is -0.376. The molecule has 0 bridgehead atoms. The van der Waals surface area contributed by atoms with Gasteiger partial charge < -0.3 is 20.3 Å². The van der Waals surface area contributed by atoms with Gasteiger partial charge in [0.25, 0.3) is 5.91 Å². The first-order valence-electron chi connectivity index (χ1n) is 8.89. The van der Waals surface area contributed by atoms with Crippen molar-refractivity contribution >= 4 is 34.5 Å². The molecule has 0 aromatic carbocycles. The minimum Gasteiger partial charge on any atom is -0.359 e. The van der Waals surface area contributed by atoms with E-state index in [4.69, 9.17) is 15.8 Å². The average molecular weight is 414 g/mol. The van der Waals surface area contributed by atoms with Crippen molar-refractivity contribution in [2.45, 2.75) is 33.1 Å². The summed E-state index contributed by atoms with van der Waals surface area (Å²) in [5.41, 5.74) is 3.32. The molecule has 4 N–H and O–H groups in total. The Morgan fingerprint density at radius 3 is 2.72 bits per heavy atom. The average Bonchev–Trinajstić information content (AvgIpc) is 3.33. The zero-order valence-electron chi connectivity index (χ0n) is 16.7. The predicted molar refractivity (Wildman–Crippen MR) is 113 cm³/mol. The summed E-state index contributed by atoms with van der Waals surface area (Å²) in [5, 5.41) is 16.2. The number of hydrazine groups is 1. The van der Waals surface area contributed by atoms with Crippen molar-refractivity contribution < 1.29 is 9.32 Å². The lowest BCUT2D eigenvalue weighted by molar-refractivity contribution is 0.102. The number of hydrogen-bond acceptors (Lipinski definition) is 9. The van der Waals surface area contributed by atoms with Gasteiger partial charge in [-0.25, -0.2) is 5.84 Å². The van der Waals surface area contributed by atoms with Crippen molar-refractivity contribution in [3.05, 3.63) is 51.9 Å². The third-order valence-electron chi connectivity index (χ3n) is 4.18. The molecule has 0 fully saturated rings. The molecule has 0 aliphatic carbocycles. The van der Waals surface area contributed by atoms with E-state index < -0.39 is 0 Å². The van der Waals surface area contributed by atoms with Crippen LogP contribution in [0.2, 0.25) is 0 Å². The second kappa shape index (κ2) is 8.10. The number of nitrogens with two attached hydrogens (primary N) is 1. The number of amides is 1. The van der Waals surface area contributed by atoms with Crippen LogP contribution in [0.5, 0.6) is 0 Å². The first-order chi connectivity index (χ1) is 13.6. The van der Waals surface area contributed by atoms with Crippen molar-refractivity contribution in [1.29, 1.82) is 5.41 Å². The molecule has 0 saturated carbocycles. The molecule has 3 aromatic rings. The lowest BCUT2D eigenvalue weighted by Crippen LogP contribution is -2.36. The van der Waals surface area contributed by atoms with Crippen molar-refractivity contribution in [3.8, 4) is 0 Å². The third-order valence-corrected chi connectivity index (χ3v) is 5.01. The lowest BCUT2D eigenvalue weighted by atomic mass is 9.93. The highest BCUT2D eigenvalue weighted by atomic mass is 32.1. The standard InChI is InChI=1S/C19H23N7O2S/c1-11-14(26(21)9-13(20)15-8-22-10-29-15)5-12(7-23-11)18(27)24-17-6-16(28-25-17)19(2,3)4/h5-8,10,20H,9,21H2,1-4H3,(H,24,25,27). The Balaban J connectivity index is 1.74. The van der Waals surface area contributed by atoms with Crippen LogP contribution in [0.1, 0.15) is 47.5 Å². The lowest BCUT2D eigenvalue weighted by Gasteiger charge is -2.20. The Labute approximate surface area is 172 Å². The third kappa shape index (κ3) is 4.84. The molecule has 0 aliphatic heterocycles. The fourth-order valence-corrected chi connectivity index (χ4v) is 3.07. The van der Waals surface area contributed by atoms with E-state index in [1.165, 1.54) is 22.5 Å². The molecular weight excluding hydrogens is 390 g/mol.